The fourth-order valence-corrected chi connectivity index (χ4v) is 1.28. The molecular weight excluding hydrogens is 214 g/mol. The molecule has 0 radical (unpaired) electrons. The topological polar surface area (TPSA) is 99.1 Å². The highest BCUT2D eigenvalue weighted by Crippen LogP contribution is 2.08. The van der Waals surface area contributed by atoms with Gasteiger partial charge >= 0.3 is 5.97 Å². The molecule has 88 valence electrons. The molecule has 0 aromatic carbocycles. The van der Waals surface area contributed by atoms with E-state index in [9.17, 15) is 14.4 Å². The van der Waals surface area contributed by atoms with Crippen molar-refractivity contribution >= 4 is 23.5 Å². The second-order valence-electron chi connectivity index (χ2n) is 3.25. The summed E-state index contributed by atoms with van der Waals surface area (Å²) in [6.07, 6.45) is 0.365. The van der Waals surface area contributed by atoms with Crippen LogP contribution in [0.2, 0.25) is 0 Å². The SMILES string of the molecule is CCNC(=O)C1=NN(CC(=O)O)C(=O)CC1. The van der Waals surface area contributed by atoms with Gasteiger partial charge in [-0.3, -0.25) is 14.4 Å². The van der Waals surface area contributed by atoms with Gasteiger partial charge in [0.05, 0.1) is 0 Å². The zero-order valence-electron chi connectivity index (χ0n) is 8.89. The van der Waals surface area contributed by atoms with Gasteiger partial charge in [-0.25, -0.2) is 5.01 Å². The number of amides is 2. The van der Waals surface area contributed by atoms with E-state index in [1.54, 1.807) is 6.92 Å². The smallest absolute Gasteiger partial charge is 0.325 e. The first-order chi connectivity index (χ1) is 7.54. The molecule has 0 aromatic heterocycles. The molecule has 0 aliphatic carbocycles. The van der Waals surface area contributed by atoms with Crippen LogP contribution in [0.15, 0.2) is 5.10 Å². The third kappa shape index (κ3) is 3.04. The summed E-state index contributed by atoms with van der Waals surface area (Å²) >= 11 is 0. The zero-order valence-corrected chi connectivity index (χ0v) is 8.89. The summed E-state index contributed by atoms with van der Waals surface area (Å²) in [5.41, 5.74) is 0.197. The fourth-order valence-electron chi connectivity index (χ4n) is 1.28. The Labute approximate surface area is 92.1 Å². The van der Waals surface area contributed by atoms with Crippen LogP contribution in [-0.4, -0.2) is 46.7 Å². The van der Waals surface area contributed by atoms with Crippen LogP contribution in [0.3, 0.4) is 0 Å². The van der Waals surface area contributed by atoms with E-state index in [1.165, 1.54) is 0 Å². The highest BCUT2D eigenvalue weighted by molar-refractivity contribution is 6.39. The number of hydrogen-bond donors (Lipinski definition) is 2. The molecule has 1 aliphatic rings. The van der Waals surface area contributed by atoms with Gasteiger partial charge in [0.15, 0.2) is 0 Å². The molecule has 0 saturated carbocycles. The number of nitrogens with zero attached hydrogens (tertiary/aromatic N) is 2. The van der Waals surface area contributed by atoms with Gasteiger partial charge in [0, 0.05) is 19.4 Å². The predicted octanol–water partition coefficient (Wildman–Crippen LogP) is -0.814. The van der Waals surface area contributed by atoms with E-state index < -0.39 is 12.5 Å². The van der Waals surface area contributed by atoms with E-state index in [4.69, 9.17) is 5.11 Å². The minimum absolute atomic E-state index is 0.114. The van der Waals surface area contributed by atoms with E-state index in [0.717, 1.165) is 5.01 Å². The summed E-state index contributed by atoms with van der Waals surface area (Å²) < 4.78 is 0. The monoisotopic (exact) mass is 227 g/mol. The second-order valence-corrected chi connectivity index (χ2v) is 3.25. The summed E-state index contributed by atoms with van der Waals surface area (Å²) in [6, 6.07) is 0. The predicted molar refractivity (Wildman–Crippen MR) is 54.7 cm³/mol. The summed E-state index contributed by atoms with van der Waals surface area (Å²) in [5, 5.41) is 15.6. The molecule has 7 heteroatoms. The van der Waals surface area contributed by atoms with E-state index in [-0.39, 0.29) is 30.4 Å². The van der Waals surface area contributed by atoms with E-state index in [0.29, 0.717) is 6.54 Å². The van der Waals surface area contributed by atoms with Crippen LogP contribution in [0.25, 0.3) is 0 Å². The minimum Gasteiger partial charge on any atom is -0.480 e. The fraction of sp³-hybridized carbons (Fsp3) is 0.556. The molecule has 0 saturated heterocycles. The van der Waals surface area contributed by atoms with Crippen LogP contribution in [0.4, 0.5) is 0 Å². The molecule has 0 unspecified atom stereocenters. The summed E-state index contributed by atoms with van der Waals surface area (Å²) in [5.74, 6) is -1.89. The van der Waals surface area contributed by atoms with E-state index in [2.05, 4.69) is 10.4 Å². The quantitative estimate of drug-likeness (QED) is 0.655. The molecule has 16 heavy (non-hydrogen) atoms. The maximum Gasteiger partial charge on any atom is 0.325 e. The van der Waals surface area contributed by atoms with Crippen LogP contribution in [0, 0.1) is 0 Å². The summed E-state index contributed by atoms with van der Waals surface area (Å²) in [7, 11) is 0. The number of hydrazone groups is 1. The molecule has 0 fully saturated rings. The molecule has 1 rings (SSSR count). The lowest BCUT2D eigenvalue weighted by Crippen LogP contribution is -2.40. The lowest BCUT2D eigenvalue weighted by atomic mass is 10.1. The van der Waals surface area contributed by atoms with Gasteiger partial charge in [-0.15, -0.1) is 0 Å². The normalized spacial score (nSPS) is 15.7. The number of rotatable bonds is 4. The van der Waals surface area contributed by atoms with Crippen LogP contribution in [-0.2, 0) is 14.4 Å². The first-order valence-corrected chi connectivity index (χ1v) is 4.92. The van der Waals surface area contributed by atoms with Crippen molar-refractivity contribution in [3.63, 3.8) is 0 Å². The van der Waals surface area contributed by atoms with Gasteiger partial charge in [-0.2, -0.15) is 5.10 Å². The van der Waals surface area contributed by atoms with Crippen molar-refractivity contribution in [2.45, 2.75) is 19.8 Å². The number of carbonyl (C=O) groups excluding carboxylic acids is 2. The van der Waals surface area contributed by atoms with Gasteiger partial charge in [0.2, 0.25) is 5.91 Å². The van der Waals surface area contributed by atoms with Gasteiger partial charge in [0.25, 0.3) is 5.91 Å². The van der Waals surface area contributed by atoms with Crippen molar-refractivity contribution in [2.75, 3.05) is 13.1 Å². The molecular formula is C9H13N3O4. The van der Waals surface area contributed by atoms with Crippen molar-refractivity contribution in [2.24, 2.45) is 5.10 Å². The van der Waals surface area contributed by atoms with Crippen LogP contribution >= 0.6 is 0 Å². The van der Waals surface area contributed by atoms with Crippen LogP contribution < -0.4 is 5.32 Å². The largest absolute Gasteiger partial charge is 0.480 e. The number of aliphatic carboxylic acids is 1. The average Bonchev–Trinajstić information content (AvgIpc) is 2.21. The van der Waals surface area contributed by atoms with Gasteiger partial charge in [-0.05, 0) is 6.92 Å². The Balaban J connectivity index is 2.75. The third-order valence-electron chi connectivity index (χ3n) is 1.99. The third-order valence-corrected chi connectivity index (χ3v) is 1.99. The summed E-state index contributed by atoms with van der Waals surface area (Å²) in [4.78, 5) is 33.1. The van der Waals surface area contributed by atoms with Crippen molar-refractivity contribution < 1.29 is 19.5 Å². The lowest BCUT2D eigenvalue weighted by Gasteiger charge is -2.21. The zero-order chi connectivity index (χ0) is 12.1. The maximum atomic E-state index is 11.4. The number of carboxylic acids is 1. The minimum atomic E-state index is -1.16. The standard InChI is InChI=1S/C9H13N3O4/c1-2-10-9(16)6-3-4-7(13)12(11-6)5-8(14)15/h2-5H2,1H3,(H,10,16)(H,14,15). The second kappa shape index (κ2) is 5.24. The van der Waals surface area contributed by atoms with E-state index >= 15 is 0 Å². The van der Waals surface area contributed by atoms with Gasteiger partial charge in [0.1, 0.15) is 12.3 Å². The Morgan fingerprint density at radius 3 is 2.75 bits per heavy atom. The Hall–Kier alpha value is -1.92. The highest BCUT2D eigenvalue weighted by atomic mass is 16.4. The van der Waals surface area contributed by atoms with Crippen molar-refractivity contribution in [3.05, 3.63) is 0 Å². The lowest BCUT2D eigenvalue weighted by molar-refractivity contribution is -0.144. The first-order valence-electron chi connectivity index (χ1n) is 4.92. The van der Waals surface area contributed by atoms with Gasteiger partial charge < -0.3 is 10.4 Å². The van der Waals surface area contributed by atoms with Crippen molar-refractivity contribution in [3.8, 4) is 0 Å². The number of carbonyl (C=O) groups is 3. The molecule has 1 heterocycles. The average molecular weight is 227 g/mol. The van der Waals surface area contributed by atoms with Crippen LogP contribution in [0.1, 0.15) is 19.8 Å². The molecule has 2 amide bonds. The highest BCUT2D eigenvalue weighted by Gasteiger charge is 2.25. The molecule has 0 atom stereocenters. The Morgan fingerprint density at radius 2 is 2.19 bits per heavy atom. The molecule has 1 aliphatic heterocycles. The molecule has 7 nitrogen and oxygen atoms in total. The Morgan fingerprint density at radius 1 is 1.50 bits per heavy atom. The van der Waals surface area contributed by atoms with E-state index in [1.807, 2.05) is 0 Å². The molecule has 0 bridgehead atoms. The molecule has 2 N–H and O–H groups in total. The molecule has 0 aromatic rings. The maximum absolute atomic E-state index is 11.4. The first kappa shape index (κ1) is 12.2. The summed E-state index contributed by atoms with van der Waals surface area (Å²) in [6.45, 7) is 1.72. The molecule has 0 spiro atoms. The number of carboxylic acid groups (broad SMARTS) is 1. The Bertz CT molecular complexity index is 351. The van der Waals surface area contributed by atoms with Gasteiger partial charge in [-0.1, -0.05) is 0 Å². The van der Waals surface area contributed by atoms with Crippen molar-refractivity contribution in [1.82, 2.24) is 10.3 Å². The van der Waals surface area contributed by atoms with Crippen LogP contribution in [0.5, 0.6) is 0 Å². The number of hydrogen-bond acceptors (Lipinski definition) is 4. The Kier molecular flexibility index (Phi) is 3.98. The number of nitrogens with one attached hydrogen (secondary N) is 1. The van der Waals surface area contributed by atoms with Crippen molar-refractivity contribution in [1.29, 1.82) is 0 Å².